The van der Waals surface area contributed by atoms with Gasteiger partial charge in [0.05, 0.1) is 6.54 Å². The molecule has 0 atom stereocenters. The maximum Gasteiger partial charge on any atom is 0.217 e. The normalized spacial score (nSPS) is 10.2. The highest BCUT2D eigenvalue weighted by Crippen LogP contribution is 2.09. The molecule has 2 rings (SSSR count). The molecule has 76 valence electrons. The summed E-state index contributed by atoms with van der Waals surface area (Å²) >= 11 is 4.48. The average Bonchev–Trinajstić information content (AvgIpc) is 2.69. The van der Waals surface area contributed by atoms with Gasteiger partial charge >= 0.3 is 0 Å². The van der Waals surface area contributed by atoms with E-state index < -0.39 is 5.95 Å². The van der Waals surface area contributed by atoms with E-state index in [0.717, 1.165) is 0 Å². The Morgan fingerprint density at radius 2 is 2.33 bits per heavy atom. The molecule has 6 heteroatoms. The van der Waals surface area contributed by atoms with E-state index in [1.54, 1.807) is 29.1 Å². The van der Waals surface area contributed by atoms with Gasteiger partial charge in [-0.3, -0.25) is 4.68 Å². The molecule has 0 radical (unpaired) electrons. The molecule has 15 heavy (non-hydrogen) atoms. The largest absolute Gasteiger partial charge is 0.266 e. The second-order valence-electron chi connectivity index (χ2n) is 2.92. The molecule has 2 aromatic rings. The molecule has 0 saturated carbocycles. The number of hydrogen-bond donors (Lipinski definition) is 0. The van der Waals surface area contributed by atoms with Gasteiger partial charge in [-0.25, -0.2) is 4.98 Å². The summed E-state index contributed by atoms with van der Waals surface area (Å²) in [4.78, 5) is 3.55. The van der Waals surface area contributed by atoms with Gasteiger partial charge in [-0.2, -0.15) is 13.9 Å². The van der Waals surface area contributed by atoms with Crippen LogP contribution in [0.15, 0.2) is 35.0 Å². The zero-order chi connectivity index (χ0) is 10.7. The fraction of sp³-hybridized carbons (Fsp3) is 0.111. The number of pyridine rings is 1. The van der Waals surface area contributed by atoms with Gasteiger partial charge in [-0.1, -0.05) is 6.07 Å². The van der Waals surface area contributed by atoms with Crippen LogP contribution in [0.3, 0.4) is 0 Å². The molecule has 0 unspecified atom stereocenters. The molecule has 2 aromatic heterocycles. The van der Waals surface area contributed by atoms with Crippen molar-refractivity contribution in [1.29, 1.82) is 0 Å². The summed E-state index contributed by atoms with van der Waals surface area (Å²) in [5.41, 5.74) is 0.483. The zero-order valence-electron chi connectivity index (χ0n) is 7.67. The van der Waals surface area contributed by atoms with Crippen LogP contribution in [0, 0.1) is 5.95 Å². The summed E-state index contributed by atoms with van der Waals surface area (Å²) in [5, 5.41) is 4.02. The lowest BCUT2D eigenvalue weighted by molar-refractivity contribution is 0.549. The third-order valence-electron chi connectivity index (χ3n) is 1.89. The molecule has 0 amide bonds. The smallest absolute Gasteiger partial charge is 0.217 e. The van der Waals surface area contributed by atoms with Gasteiger partial charge in [-0.05, 0) is 6.07 Å². The van der Waals surface area contributed by atoms with Crippen molar-refractivity contribution >= 4 is 18.2 Å². The molecular weight excluding hydrogens is 215 g/mol. The molecule has 0 aromatic carbocycles. The van der Waals surface area contributed by atoms with Crippen LogP contribution < -0.4 is 0 Å². The van der Waals surface area contributed by atoms with Crippen LogP contribution in [0.5, 0.6) is 0 Å². The highest BCUT2D eigenvalue weighted by Gasteiger charge is 2.03. The minimum absolute atomic E-state index is 0.324. The molecule has 0 aliphatic rings. The van der Waals surface area contributed by atoms with Crippen molar-refractivity contribution in [3.05, 3.63) is 42.1 Å². The number of rotatable bonds is 3. The van der Waals surface area contributed by atoms with Crippen LogP contribution in [0.2, 0.25) is 0 Å². The van der Waals surface area contributed by atoms with Gasteiger partial charge in [0.25, 0.3) is 0 Å². The molecule has 0 bridgehead atoms. The molecule has 0 fully saturated rings. The minimum atomic E-state index is -0.482. The molecule has 2 heterocycles. The first kappa shape index (κ1) is 9.85. The van der Waals surface area contributed by atoms with E-state index in [1.807, 2.05) is 0 Å². The van der Waals surface area contributed by atoms with Crippen molar-refractivity contribution in [2.24, 2.45) is 4.36 Å². The number of hydrogen-bond acceptors (Lipinski definition) is 4. The molecule has 0 aliphatic heterocycles. The van der Waals surface area contributed by atoms with E-state index in [1.165, 1.54) is 6.20 Å². The first-order chi connectivity index (χ1) is 7.29. The van der Waals surface area contributed by atoms with Crippen LogP contribution in [-0.2, 0) is 19.0 Å². The van der Waals surface area contributed by atoms with E-state index in [4.69, 9.17) is 0 Å². The van der Waals surface area contributed by atoms with E-state index in [0.29, 0.717) is 17.9 Å². The van der Waals surface area contributed by atoms with Crippen LogP contribution in [0.1, 0.15) is 5.56 Å². The fourth-order valence-electron chi connectivity index (χ4n) is 1.20. The Kier molecular flexibility index (Phi) is 2.77. The van der Waals surface area contributed by atoms with Gasteiger partial charge in [-0.15, -0.1) is 0 Å². The van der Waals surface area contributed by atoms with Crippen molar-refractivity contribution < 1.29 is 4.39 Å². The summed E-state index contributed by atoms with van der Waals surface area (Å²) in [5.74, 6) is -0.0286. The van der Waals surface area contributed by atoms with Gasteiger partial charge in [0.15, 0.2) is 5.82 Å². The Labute approximate surface area is 90.9 Å². The summed E-state index contributed by atoms with van der Waals surface area (Å²) in [6.07, 6.45) is 3.10. The molecule has 0 aliphatic carbocycles. The fourth-order valence-corrected chi connectivity index (χ4v) is 1.30. The Hall–Kier alpha value is -1.69. The molecule has 0 N–H and O–H groups in total. The highest BCUT2D eigenvalue weighted by molar-refractivity contribution is 7.47. The van der Waals surface area contributed by atoms with Crippen molar-refractivity contribution in [3.63, 3.8) is 0 Å². The van der Waals surface area contributed by atoms with Crippen molar-refractivity contribution in [2.45, 2.75) is 6.54 Å². The van der Waals surface area contributed by atoms with E-state index in [2.05, 4.69) is 26.9 Å². The van der Waals surface area contributed by atoms with E-state index >= 15 is 0 Å². The highest BCUT2D eigenvalue weighted by atomic mass is 32.1. The Bertz CT molecular complexity index is 482. The third-order valence-corrected chi connectivity index (χ3v) is 2.08. The van der Waals surface area contributed by atoms with E-state index in [-0.39, 0.29) is 0 Å². The van der Waals surface area contributed by atoms with Crippen LogP contribution in [0.4, 0.5) is 10.2 Å². The lowest BCUT2D eigenvalue weighted by atomic mass is 10.3. The second kappa shape index (κ2) is 4.22. The number of halogens is 1. The maximum absolute atomic E-state index is 13.2. The maximum atomic E-state index is 13.2. The van der Waals surface area contributed by atoms with Gasteiger partial charge < -0.3 is 0 Å². The average molecular weight is 222 g/mol. The summed E-state index contributed by atoms with van der Waals surface area (Å²) in [6, 6.07) is 5.01. The van der Waals surface area contributed by atoms with E-state index in [9.17, 15) is 4.39 Å². The summed E-state index contributed by atoms with van der Waals surface area (Å²) < 4.78 is 18.2. The van der Waals surface area contributed by atoms with Gasteiger partial charge in [0.2, 0.25) is 5.95 Å². The standard InChI is InChI=1S/C9H7FN4S/c10-9-7(2-1-4-11-9)6-14-5-3-8(12-14)13-15/h1-5H,6H2. The monoisotopic (exact) mass is 222 g/mol. The molecule has 0 spiro atoms. The van der Waals surface area contributed by atoms with Gasteiger partial charge in [0, 0.05) is 36.4 Å². The predicted octanol–water partition coefficient (Wildman–Crippen LogP) is 1.83. The topological polar surface area (TPSA) is 43.1 Å². The first-order valence-corrected chi connectivity index (χ1v) is 4.62. The van der Waals surface area contributed by atoms with Crippen molar-refractivity contribution in [2.75, 3.05) is 0 Å². The summed E-state index contributed by atoms with van der Waals surface area (Å²) in [6.45, 7) is 0.324. The quantitative estimate of drug-likeness (QED) is 0.744. The molecular formula is C9H7FN4S. The second-order valence-corrected chi connectivity index (χ2v) is 3.10. The zero-order valence-corrected chi connectivity index (χ0v) is 8.49. The predicted molar refractivity (Wildman–Crippen MR) is 55.0 cm³/mol. The lowest BCUT2D eigenvalue weighted by Crippen LogP contribution is -2.03. The Morgan fingerprint density at radius 3 is 3.00 bits per heavy atom. The number of nitrogens with zero attached hydrogens (tertiary/aromatic N) is 4. The minimum Gasteiger partial charge on any atom is -0.266 e. The lowest BCUT2D eigenvalue weighted by Gasteiger charge is -2.01. The Balaban J connectivity index is 2.22. The molecule has 0 saturated heterocycles. The van der Waals surface area contributed by atoms with Crippen molar-refractivity contribution in [3.8, 4) is 0 Å². The SMILES string of the molecule is Fc1ncccc1Cn1ccc(N=S)n1. The van der Waals surface area contributed by atoms with Crippen LogP contribution in [-0.4, -0.2) is 14.8 Å². The first-order valence-electron chi connectivity index (χ1n) is 4.26. The Morgan fingerprint density at radius 1 is 1.47 bits per heavy atom. The van der Waals surface area contributed by atoms with Crippen LogP contribution >= 0.6 is 0 Å². The third kappa shape index (κ3) is 2.21. The van der Waals surface area contributed by atoms with Crippen molar-refractivity contribution in [1.82, 2.24) is 14.8 Å². The molecule has 4 nitrogen and oxygen atoms in total. The van der Waals surface area contributed by atoms with Gasteiger partial charge in [0.1, 0.15) is 0 Å². The number of aromatic nitrogens is 3. The van der Waals surface area contributed by atoms with Crippen LogP contribution in [0.25, 0.3) is 0 Å². The summed E-state index contributed by atoms with van der Waals surface area (Å²) in [7, 11) is 0.